The molecule has 2 rings (SSSR count). The Labute approximate surface area is 137 Å². The van der Waals surface area contributed by atoms with Crippen molar-refractivity contribution in [1.82, 2.24) is 4.31 Å². The molecule has 0 radical (unpaired) electrons. The van der Waals surface area contributed by atoms with Crippen molar-refractivity contribution in [2.75, 3.05) is 13.1 Å². The molecule has 4 nitrogen and oxygen atoms in total. The lowest BCUT2D eigenvalue weighted by molar-refractivity contribution is 0.254. The minimum atomic E-state index is -3.74. The molecule has 2 unspecified atom stereocenters. The van der Waals surface area contributed by atoms with E-state index in [4.69, 9.17) is 28.9 Å². The highest BCUT2D eigenvalue weighted by atomic mass is 79.9. The second-order valence-corrected chi connectivity index (χ2v) is 8.73. The van der Waals surface area contributed by atoms with E-state index in [1.54, 1.807) is 0 Å². The topological polar surface area (TPSA) is 63.4 Å². The van der Waals surface area contributed by atoms with Crippen molar-refractivity contribution in [3.8, 4) is 0 Å². The predicted molar refractivity (Wildman–Crippen MR) is 84.7 cm³/mol. The second kappa shape index (κ2) is 6.10. The summed E-state index contributed by atoms with van der Waals surface area (Å²) in [4.78, 5) is -0.0506. The van der Waals surface area contributed by atoms with E-state index in [2.05, 4.69) is 15.9 Å². The van der Waals surface area contributed by atoms with Crippen molar-refractivity contribution in [1.29, 1.82) is 0 Å². The van der Waals surface area contributed by atoms with Gasteiger partial charge in [-0.25, -0.2) is 8.42 Å². The summed E-state index contributed by atoms with van der Waals surface area (Å²) in [6, 6.07) is 2.88. The van der Waals surface area contributed by atoms with Crippen LogP contribution in [0.5, 0.6) is 0 Å². The second-order valence-electron chi connectivity index (χ2n) is 5.12. The number of hydrogen-bond acceptors (Lipinski definition) is 3. The number of sulfonamides is 1. The van der Waals surface area contributed by atoms with Crippen LogP contribution in [0.3, 0.4) is 0 Å². The summed E-state index contributed by atoms with van der Waals surface area (Å²) in [7, 11) is -3.74. The van der Waals surface area contributed by atoms with E-state index in [1.165, 1.54) is 16.4 Å². The zero-order chi connectivity index (χ0) is 15.1. The molecule has 2 atom stereocenters. The van der Waals surface area contributed by atoms with Crippen molar-refractivity contribution < 1.29 is 8.42 Å². The molecule has 0 aliphatic carbocycles. The van der Waals surface area contributed by atoms with Gasteiger partial charge in [-0.1, -0.05) is 46.1 Å². The number of benzene rings is 1. The van der Waals surface area contributed by atoms with E-state index in [-0.39, 0.29) is 33.4 Å². The van der Waals surface area contributed by atoms with Gasteiger partial charge in [-0.05, 0) is 24.5 Å². The Bertz CT molecular complexity index is 591. The van der Waals surface area contributed by atoms with Crippen LogP contribution in [0.15, 0.2) is 21.5 Å². The van der Waals surface area contributed by atoms with E-state index in [9.17, 15) is 8.42 Å². The Hall–Kier alpha value is 0.150. The third kappa shape index (κ3) is 3.31. The molecule has 0 spiro atoms. The molecule has 1 fully saturated rings. The van der Waals surface area contributed by atoms with Gasteiger partial charge in [0.05, 0.1) is 10.0 Å². The molecule has 1 aliphatic heterocycles. The van der Waals surface area contributed by atoms with E-state index < -0.39 is 10.0 Å². The first-order valence-electron chi connectivity index (χ1n) is 6.12. The third-order valence-electron chi connectivity index (χ3n) is 3.22. The van der Waals surface area contributed by atoms with Gasteiger partial charge in [-0.3, -0.25) is 0 Å². The van der Waals surface area contributed by atoms with Crippen LogP contribution in [0.2, 0.25) is 10.0 Å². The molecule has 112 valence electrons. The van der Waals surface area contributed by atoms with Gasteiger partial charge in [0, 0.05) is 23.6 Å². The molecule has 20 heavy (non-hydrogen) atoms. The highest BCUT2D eigenvalue weighted by Gasteiger charge is 2.34. The molecular weight excluding hydrogens is 387 g/mol. The molecule has 1 aromatic rings. The smallest absolute Gasteiger partial charge is 0.246 e. The van der Waals surface area contributed by atoms with Crippen LogP contribution in [0.4, 0.5) is 0 Å². The molecule has 0 bridgehead atoms. The normalized spacial score (nSPS) is 24.9. The van der Waals surface area contributed by atoms with Gasteiger partial charge >= 0.3 is 0 Å². The first kappa shape index (κ1) is 16.5. The Morgan fingerprint density at radius 2 is 1.85 bits per heavy atom. The van der Waals surface area contributed by atoms with E-state index >= 15 is 0 Å². The maximum atomic E-state index is 12.7. The summed E-state index contributed by atoms with van der Waals surface area (Å²) < 4.78 is 27.4. The molecular formula is C12H15BrCl2N2O2S. The van der Waals surface area contributed by atoms with Crippen molar-refractivity contribution in [3.63, 3.8) is 0 Å². The van der Waals surface area contributed by atoms with Crippen molar-refractivity contribution in [3.05, 3.63) is 26.7 Å². The maximum absolute atomic E-state index is 12.7. The van der Waals surface area contributed by atoms with Gasteiger partial charge < -0.3 is 5.73 Å². The largest absolute Gasteiger partial charge is 0.326 e. The molecule has 8 heteroatoms. The first-order valence-corrected chi connectivity index (χ1v) is 9.11. The fraction of sp³-hybridized carbons (Fsp3) is 0.500. The van der Waals surface area contributed by atoms with Gasteiger partial charge in [0.25, 0.3) is 0 Å². The van der Waals surface area contributed by atoms with E-state index in [1.807, 2.05) is 6.92 Å². The summed E-state index contributed by atoms with van der Waals surface area (Å²) in [5, 5.41) is 0.215. The predicted octanol–water partition coefficient (Wildman–Crippen LogP) is 3.11. The van der Waals surface area contributed by atoms with E-state index in [0.29, 0.717) is 11.0 Å². The minimum absolute atomic E-state index is 0.0506. The van der Waals surface area contributed by atoms with Crippen LogP contribution in [0.1, 0.15) is 13.3 Å². The molecule has 1 heterocycles. The van der Waals surface area contributed by atoms with Crippen LogP contribution in [-0.2, 0) is 10.0 Å². The number of nitrogens with two attached hydrogens (primary N) is 1. The number of hydrogen-bond donors (Lipinski definition) is 1. The first-order chi connectivity index (χ1) is 9.21. The average molecular weight is 402 g/mol. The maximum Gasteiger partial charge on any atom is 0.246 e. The summed E-state index contributed by atoms with van der Waals surface area (Å²) in [5.41, 5.74) is 5.91. The van der Waals surface area contributed by atoms with E-state index in [0.717, 1.165) is 6.42 Å². The van der Waals surface area contributed by atoms with Crippen LogP contribution in [0.25, 0.3) is 0 Å². The minimum Gasteiger partial charge on any atom is -0.326 e. The van der Waals surface area contributed by atoms with Gasteiger partial charge in [0.15, 0.2) is 0 Å². The quantitative estimate of drug-likeness (QED) is 0.827. The number of rotatable bonds is 2. The van der Waals surface area contributed by atoms with Crippen LogP contribution in [-0.4, -0.2) is 31.9 Å². The summed E-state index contributed by atoms with van der Waals surface area (Å²) >= 11 is 15.4. The fourth-order valence-electron chi connectivity index (χ4n) is 2.45. The zero-order valence-electron chi connectivity index (χ0n) is 10.8. The molecule has 0 amide bonds. The summed E-state index contributed by atoms with van der Waals surface area (Å²) in [5.74, 6) is 0.210. The summed E-state index contributed by atoms with van der Waals surface area (Å²) in [6.07, 6.45) is 0.813. The standard InChI is InChI=1S/C12H15BrCl2N2O2S/c1-7-2-9(16)6-17(5-7)20(18,19)12-10(14)3-8(13)4-11(12)15/h3-4,7,9H,2,5-6,16H2,1H3. The van der Waals surface area contributed by atoms with Gasteiger partial charge in [-0.2, -0.15) is 4.31 Å². The van der Waals surface area contributed by atoms with Gasteiger partial charge in [-0.15, -0.1) is 0 Å². The van der Waals surface area contributed by atoms with Crippen LogP contribution < -0.4 is 5.73 Å². The average Bonchev–Trinajstić information content (AvgIpc) is 2.25. The van der Waals surface area contributed by atoms with Crippen LogP contribution >= 0.6 is 39.1 Å². The number of piperidine rings is 1. The molecule has 0 aromatic heterocycles. The van der Waals surface area contributed by atoms with Crippen molar-refractivity contribution >= 4 is 49.2 Å². The lowest BCUT2D eigenvalue weighted by Crippen LogP contribution is -2.48. The highest BCUT2D eigenvalue weighted by Crippen LogP contribution is 2.35. The molecule has 1 aliphatic rings. The van der Waals surface area contributed by atoms with Gasteiger partial charge in [0.2, 0.25) is 10.0 Å². The Morgan fingerprint density at radius 1 is 1.30 bits per heavy atom. The fourth-order valence-corrected chi connectivity index (χ4v) is 5.95. The van der Waals surface area contributed by atoms with Crippen LogP contribution in [0, 0.1) is 5.92 Å². The van der Waals surface area contributed by atoms with Crippen molar-refractivity contribution in [2.45, 2.75) is 24.3 Å². The number of nitrogens with zero attached hydrogens (tertiary/aromatic N) is 1. The molecule has 1 aromatic carbocycles. The Kier molecular flexibility index (Phi) is 5.04. The zero-order valence-corrected chi connectivity index (χ0v) is 14.7. The summed E-state index contributed by atoms with van der Waals surface area (Å²) in [6.45, 7) is 2.69. The molecule has 1 saturated heterocycles. The van der Waals surface area contributed by atoms with Crippen molar-refractivity contribution in [2.24, 2.45) is 11.7 Å². The SMILES string of the molecule is CC1CC(N)CN(S(=O)(=O)c2c(Cl)cc(Br)cc2Cl)C1. The lowest BCUT2D eigenvalue weighted by atomic mass is 9.99. The Morgan fingerprint density at radius 3 is 2.35 bits per heavy atom. The van der Waals surface area contributed by atoms with Gasteiger partial charge in [0.1, 0.15) is 4.90 Å². The highest BCUT2D eigenvalue weighted by molar-refractivity contribution is 9.10. The Balaban J connectivity index is 2.45. The molecule has 0 saturated carbocycles. The number of halogens is 3. The third-order valence-corrected chi connectivity index (χ3v) is 6.43. The molecule has 2 N–H and O–H groups in total. The monoisotopic (exact) mass is 400 g/mol. The lowest BCUT2D eigenvalue weighted by Gasteiger charge is -2.34.